The van der Waals surface area contributed by atoms with Crippen LogP contribution in [0.15, 0.2) is 24.3 Å². The highest BCUT2D eigenvalue weighted by Crippen LogP contribution is 2.35. The molecule has 1 rings (SSSR count). The van der Waals surface area contributed by atoms with Gasteiger partial charge in [-0.05, 0) is 63.7 Å². The van der Waals surface area contributed by atoms with Crippen molar-refractivity contribution in [2.24, 2.45) is 11.8 Å². The van der Waals surface area contributed by atoms with Crippen molar-refractivity contribution in [3.63, 3.8) is 0 Å². The molecule has 1 unspecified atom stereocenters. The van der Waals surface area contributed by atoms with Crippen LogP contribution in [0.5, 0.6) is 0 Å². The summed E-state index contributed by atoms with van der Waals surface area (Å²) in [5.74, 6) is 1.82. The fourth-order valence-corrected chi connectivity index (χ4v) is 4.35. The van der Waals surface area contributed by atoms with Gasteiger partial charge in [0.05, 0.1) is 0 Å². The molecule has 0 aliphatic heterocycles. The Morgan fingerprint density at radius 3 is 2.15 bits per heavy atom. The highest BCUT2D eigenvalue weighted by Gasteiger charge is 2.28. The predicted octanol–water partition coefficient (Wildman–Crippen LogP) is 8.59. The van der Waals surface area contributed by atoms with Crippen molar-refractivity contribution in [3.8, 4) is 0 Å². The number of Topliss-reactive ketones (excluding diaryl/α,β-unsaturated/α-hetero) is 1. The molecular formula is C26H46O. The Balaban J connectivity index is 1.87. The molecule has 0 bridgehead atoms. The molecule has 156 valence electrons. The van der Waals surface area contributed by atoms with Gasteiger partial charge in [-0.2, -0.15) is 0 Å². The van der Waals surface area contributed by atoms with Gasteiger partial charge >= 0.3 is 0 Å². The monoisotopic (exact) mass is 374 g/mol. The zero-order valence-corrected chi connectivity index (χ0v) is 18.4. The molecular weight excluding hydrogens is 328 g/mol. The Morgan fingerprint density at radius 2 is 1.44 bits per heavy atom. The summed E-state index contributed by atoms with van der Waals surface area (Å²) < 4.78 is 0. The zero-order valence-electron chi connectivity index (χ0n) is 18.4. The van der Waals surface area contributed by atoms with Gasteiger partial charge in [0.2, 0.25) is 0 Å². The minimum Gasteiger partial charge on any atom is -0.299 e. The lowest BCUT2D eigenvalue weighted by atomic mass is 9.95. The maximum atomic E-state index is 12.3. The second-order valence-electron chi connectivity index (χ2n) is 8.61. The van der Waals surface area contributed by atoms with Crippen LogP contribution < -0.4 is 0 Å². The van der Waals surface area contributed by atoms with E-state index in [9.17, 15) is 4.79 Å². The Labute approximate surface area is 170 Å². The summed E-state index contributed by atoms with van der Waals surface area (Å²) in [6, 6.07) is 0. The molecule has 0 radical (unpaired) electrons. The number of hydrogen-bond acceptors (Lipinski definition) is 1. The number of allylic oxidation sites excluding steroid dienone is 4. The summed E-state index contributed by atoms with van der Waals surface area (Å²) in [4.78, 5) is 12.3. The van der Waals surface area contributed by atoms with Crippen molar-refractivity contribution in [3.05, 3.63) is 24.3 Å². The number of ketones is 1. The second kappa shape index (κ2) is 17.3. The van der Waals surface area contributed by atoms with Gasteiger partial charge in [-0.15, -0.1) is 0 Å². The maximum absolute atomic E-state index is 12.3. The van der Waals surface area contributed by atoms with Gasteiger partial charge in [-0.1, -0.05) is 83.1 Å². The minimum atomic E-state index is 0.410. The highest BCUT2D eigenvalue weighted by molar-refractivity contribution is 5.81. The van der Waals surface area contributed by atoms with Crippen LogP contribution in [-0.4, -0.2) is 5.78 Å². The van der Waals surface area contributed by atoms with Gasteiger partial charge in [-0.25, -0.2) is 0 Å². The van der Waals surface area contributed by atoms with Crippen LogP contribution >= 0.6 is 0 Å². The molecule has 1 saturated carbocycles. The van der Waals surface area contributed by atoms with Crippen LogP contribution in [-0.2, 0) is 4.79 Å². The maximum Gasteiger partial charge on any atom is 0.135 e. The van der Waals surface area contributed by atoms with Gasteiger partial charge in [0, 0.05) is 12.3 Å². The van der Waals surface area contributed by atoms with Gasteiger partial charge in [0.1, 0.15) is 5.78 Å². The van der Waals surface area contributed by atoms with Crippen LogP contribution in [0.1, 0.15) is 123 Å². The lowest BCUT2D eigenvalue weighted by Gasteiger charge is -2.09. The molecule has 0 saturated heterocycles. The molecule has 1 aliphatic rings. The van der Waals surface area contributed by atoms with Gasteiger partial charge in [0.25, 0.3) is 0 Å². The molecule has 2 atom stereocenters. The van der Waals surface area contributed by atoms with E-state index in [2.05, 4.69) is 38.2 Å². The summed E-state index contributed by atoms with van der Waals surface area (Å²) in [5, 5.41) is 0. The topological polar surface area (TPSA) is 17.1 Å². The van der Waals surface area contributed by atoms with Crippen LogP contribution in [0.2, 0.25) is 0 Å². The molecule has 1 nitrogen and oxygen atoms in total. The average Bonchev–Trinajstić information content (AvgIpc) is 3.14. The lowest BCUT2D eigenvalue weighted by molar-refractivity contribution is -0.122. The normalized spacial score (nSPS) is 20.2. The first-order chi connectivity index (χ1) is 13.3. The van der Waals surface area contributed by atoms with Gasteiger partial charge in [0.15, 0.2) is 0 Å². The largest absolute Gasteiger partial charge is 0.299 e. The minimum absolute atomic E-state index is 0.410. The van der Waals surface area contributed by atoms with Crippen molar-refractivity contribution in [2.75, 3.05) is 0 Å². The Morgan fingerprint density at radius 1 is 0.778 bits per heavy atom. The smallest absolute Gasteiger partial charge is 0.135 e. The van der Waals surface area contributed by atoms with Crippen LogP contribution in [0.25, 0.3) is 0 Å². The van der Waals surface area contributed by atoms with E-state index < -0.39 is 0 Å². The summed E-state index contributed by atoms with van der Waals surface area (Å²) >= 11 is 0. The van der Waals surface area contributed by atoms with E-state index in [1.165, 1.54) is 89.9 Å². The van der Waals surface area contributed by atoms with Crippen molar-refractivity contribution < 1.29 is 4.79 Å². The zero-order chi connectivity index (χ0) is 19.6. The second-order valence-corrected chi connectivity index (χ2v) is 8.61. The highest BCUT2D eigenvalue weighted by atomic mass is 16.1. The van der Waals surface area contributed by atoms with Crippen molar-refractivity contribution in [1.82, 2.24) is 0 Å². The van der Waals surface area contributed by atoms with Crippen LogP contribution in [0.4, 0.5) is 0 Å². The third-order valence-corrected chi connectivity index (χ3v) is 6.07. The summed E-state index contributed by atoms with van der Waals surface area (Å²) in [7, 11) is 0. The lowest BCUT2D eigenvalue weighted by Crippen LogP contribution is -2.11. The fraction of sp³-hybridized carbons (Fsp3) is 0.808. The van der Waals surface area contributed by atoms with E-state index in [4.69, 9.17) is 0 Å². The van der Waals surface area contributed by atoms with E-state index in [-0.39, 0.29) is 0 Å². The molecule has 1 aliphatic carbocycles. The Hall–Kier alpha value is -0.850. The first kappa shape index (κ1) is 24.2. The molecule has 0 aromatic rings. The fourth-order valence-electron chi connectivity index (χ4n) is 4.35. The van der Waals surface area contributed by atoms with E-state index in [0.717, 1.165) is 25.2 Å². The van der Waals surface area contributed by atoms with Crippen molar-refractivity contribution >= 4 is 5.78 Å². The van der Waals surface area contributed by atoms with E-state index in [1.54, 1.807) is 0 Å². The first-order valence-electron chi connectivity index (χ1n) is 12.1. The molecule has 0 aromatic carbocycles. The van der Waals surface area contributed by atoms with E-state index >= 15 is 0 Å². The number of carbonyl (C=O) groups is 1. The molecule has 1 heteroatoms. The standard InChI is InChI=1S/C26H46O/c1-3-5-6-7-8-9-10-11-12-13-14-15-16-17-18-20-26(27)25-22-21-24(23-25)19-4-2/h8-9,11-12,24-25H,3-7,10,13-23H2,1-2H3/b9-8-,12-11-/t24?,25-/m0/s1. The molecule has 0 N–H and O–H groups in total. The van der Waals surface area contributed by atoms with E-state index in [1.807, 2.05) is 0 Å². The summed E-state index contributed by atoms with van der Waals surface area (Å²) in [6.07, 6.45) is 30.2. The van der Waals surface area contributed by atoms with E-state index in [0.29, 0.717) is 11.7 Å². The molecule has 0 spiro atoms. The van der Waals surface area contributed by atoms with Crippen molar-refractivity contribution in [2.45, 2.75) is 123 Å². The number of rotatable bonds is 17. The average molecular weight is 375 g/mol. The quantitative estimate of drug-likeness (QED) is 0.184. The molecule has 27 heavy (non-hydrogen) atoms. The summed E-state index contributed by atoms with van der Waals surface area (Å²) in [5.41, 5.74) is 0. The van der Waals surface area contributed by atoms with Crippen molar-refractivity contribution in [1.29, 1.82) is 0 Å². The third kappa shape index (κ3) is 13.0. The van der Waals surface area contributed by atoms with Crippen LogP contribution in [0, 0.1) is 11.8 Å². The Kier molecular flexibility index (Phi) is 15.5. The first-order valence-corrected chi connectivity index (χ1v) is 12.1. The number of carbonyl (C=O) groups excluding carboxylic acids is 1. The SMILES string of the molecule is CCCCC/C=C\C/C=C\CCCCCCCC(=O)[C@H]1CCC(CCC)C1. The molecule has 0 aromatic heterocycles. The summed E-state index contributed by atoms with van der Waals surface area (Å²) in [6.45, 7) is 4.52. The predicted molar refractivity (Wildman–Crippen MR) is 120 cm³/mol. The molecule has 0 heterocycles. The number of hydrogen-bond donors (Lipinski definition) is 0. The molecule has 0 amide bonds. The van der Waals surface area contributed by atoms with Crippen LogP contribution in [0.3, 0.4) is 0 Å². The Bertz CT molecular complexity index is 406. The van der Waals surface area contributed by atoms with Gasteiger partial charge in [-0.3, -0.25) is 4.79 Å². The number of unbranched alkanes of at least 4 members (excludes halogenated alkanes) is 8. The third-order valence-electron chi connectivity index (χ3n) is 6.07. The molecule has 1 fully saturated rings. The van der Waals surface area contributed by atoms with Gasteiger partial charge < -0.3 is 0 Å².